The molecule has 24 heavy (non-hydrogen) atoms. The van der Waals surface area contributed by atoms with E-state index in [1.807, 2.05) is 24.3 Å². The summed E-state index contributed by atoms with van der Waals surface area (Å²) in [5.41, 5.74) is 1.46. The van der Waals surface area contributed by atoms with E-state index in [-0.39, 0.29) is 5.91 Å². The van der Waals surface area contributed by atoms with Crippen molar-refractivity contribution < 1.29 is 19.1 Å². The maximum absolute atomic E-state index is 12.3. The van der Waals surface area contributed by atoms with E-state index in [9.17, 15) is 9.59 Å². The molecule has 0 aliphatic carbocycles. The SMILES string of the molecule is COc1cc(OC(C)=O)ccc1C(=O)NCCc1ccc(Cl)cc1. The van der Waals surface area contributed by atoms with Gasteiger partial charge in [-0.15, -0.1) is 0 Å². The number of nitrogens with one attached hydrogen (secondary N) is 1. The minimum absolute atomic E-state index is 0.254. The first-order valence-electron chi connectivity index (χ1n) is 7.38. The second-order valence-electron chi connectivity index (χ2n) is 5.09. The molecule has 5 nitrogen and oxygen atoms in total. The summed E-state index contributed by atoms with van der Waals surface area (Å²) in [6, 6.07) is 12.1. The molecule has 0 saturated carbocycles. The van der Waals surface area contributed by atoms with Crippen molar-refractivity contribution in [1.82, 2.24) is 5.32 Å². The molecule has 126 valence electrons. The number of halogens is 1. The molecule has 6 heteroatoms. The standard InChI is InChI=1S/C18H18ClNO4/c1-12(21)24-15-7-8-16(17(11-15)23-2)18(22)20-10-9-13-3-5-14(19)6-4-13/h3-8,11H,9-10H2,1-2H3,(H,20,22). The van der Waals surface area contributed by atoms with Gasteiger partial charge in [0, 0.05) is 24.6 Å². The molecule has 0 radical (unpaired) electrons. The van der Waals surface area contributed by atoms with Crippen LogP contribution in [0.5, 0.6) is 11.5 Å². The Morgan fingerprint density at radius 1 is 1.12 bits per heavy atom. The molecular weight excluding hydrogens is 330 g/mol. The number of amides is 1. The van der Waals surface area contributed by atoms with Crippen LogP contribution in [0.2, 0.25) is 5.02 Å². The molecule has 0 aromatic heterocycles. The number of carbonyl (C=O) groups excluding carboxylic acids is 2. The van der Waals surface area contributed by atoms with Gasteiger partial charge in [0.1, 0.15) is 11.5 Å². The van der Waals surface area contributed by atoms with Gasteiger partial charge in [-0.05, 0) is 36.2 Å². The summed E-state index contributed by atoms with van der Waals surface area (Å²) in [6.45, 7) is 1.79. The van der Waals surface area contributed by atoms with E-state index >= 15 is 0 Å². The van der Waals surface area contributed by atoms with Gasteiger partial charge >= 0.3 is 5.97 Å². The van der Waals surface area contributed by atoms with Crippen LogP contribution in [0.1, 0.15) is 22.8 Å². The Kier molecular flexibility index (Phi) is 6.21. The number of ether oxygens (including phenoxy) is 2. The number of hydrogen-bond donors (Lipinski definition) is 1. The average molecular weight is 348 g/mol. The molecule has 0 aliphatic rings. The molecule has 1 amide bonds. The average Bonchev–Trinajstić information content (AvgIpc) is 2.55. The second-order valence-corrected chi connectivity index (χ2v) is 5.52. The number of carbonyl (C=O) groups is 2. The molecule has 2 rings (SSSR count). The van der Waals surface area contributed by atoms with E-state index in [0.717, 1.165) is 5.56 Å². The molecule has 1 N–H and O–H groups in total. The van der Waals surface area contributed by atoms with Gasteiger partial charge in [0.2, 0.25) is 0 Å². The summed E-state index contributed by atoms with van der Waals surface area (Å²) in [7, 11) is 1.46. The Morgan fingerprint density at radius 2 is 1.83 bits per heavy atom. The zero-order valence-corrected chi connectivity index (χ0v) is 14.2. The molecule has 0 unspecified atom stereocenters. The van der Waals surface area contributed by atoms with Crippen molar-refractivity contribution in [1.29, 1.82) is 0 Å². The first kappa shape index (κ1) is 17.8. The van der Waals surface area contributed by atoms with E-state index in [1.54, 1.807) is 12.1 Å². The van der Waals surface area contributed by atoms with E-state index in [0.29, 0.717) is 35.1 Å². The molecule has 0 atom stereocenters. The van der Waals surface area contributed by atoms with Gasteiger partial charge in [0.05, 0.1) is 12.7 Å². The predicted octanol–water partition coefficient (Wildman–Crippen LogP) is 3.25. The Hall–Kier alpha value is -2.53. The summed E-state index contributed by atoms with van der Waals surface area (Å²) >= 11 is 5.84. The number of hydrogen-bond acceptors (Lipinski definition) is 4. The highest BCUT2D eigenvalue weighted by Crippen LogP contribution is 2.24. The normalized spacial score (nSPS) is 10.1. The van der Waals surface area contributed by atoms with Gasteiger partial charge in [-0.1, -0.05) is 23.7 Å². The van der Waals surface area contributed by atoms with Crippen molar-refractivity contribution in [3.8, 4) is 11.5 Å². The van der Waals surface area contributed by atoms with Crippen molar-refractivity contribution in [2.24, 2.45) is 0 Å². The zero-order chi connectivity index (χ0) is 17.5. The molecule has 2 aromatic carbocycles. The number of benzene rings is 2. The highest BCUT2D eigenvalue weighted by Gasteiger charge is 2.13. The Labute approximate surface area is 145 Å². The lowest BCUT2D eigenvalue weighted by molar-refractivity contribution is -0.131. The van der Waals surface area contributed by atoms with E-state index in [2.05, 4.69) is 5.32 Å². The first-order valence-corrected chi connectivity index (χ1v) is 7.76. The van der Waals surface area contributed by atoms with E-state index in [4.69, 9.17) is 21.1 Å². The molecule has 0 aliphatic heterocycles. The van der Waals surface area contributed by atoms with Gasteiger partial charge in [-0.2, -0.15) is 0 Å². The largest absolute Gasteiger partial charge is 0.496 e. The quantitative estimate of drug-likeness (QED) is 0.643. The van der Waals surface area contributed by atoms with Crippen LogP contribution in [0, 0.1) is 0 Å². The fraction of sp³-hybridized carbons (Fsp3) is 0.222. The predicted molar refractivity (Wildman–Crippen MR) is 91.8 cm³/mol. The van der Waals surface area contributed by atoms with Crippen LogP contribution in [0.3, 0.4) is 0 Å². The van der Waals surface area contributed by atoms with Gasteiger partial charge < -0.3 is 14.8 Å². The van der Waals surface area contributed by atoms with Crippen LogP contribution in [0.4, 0.5) is 0 Å². The summed E-state index contributed by atoms with van der Waals surface area (Å²) in [5.74, 6) is -0.0118. The van der Waals surface area contributed by atoms with Crippen LogP contribution in [-0.2, 0) is 11.2 Å². The van der Waals surface area contributed by atoms with Gasteiger partial charge in [-0.3, -0.25) is 9.59 Å². The Bertz CT molecular complexity index is 728. The van der Waals surface area contributed by atoms with Crippen LogP contribution in [-0.4, -0.2) is 25.5 Å². The Balaban J connectivity index is 1.98. The topological polar surface area (TPSA) is 64.6 Å². The molecule has 0 saturated heterocycles. The lowest BCUT2D eigenvalue weighted by Crippen LogP contribution is -2.26. The van der Waals surface area contributed by atoms with Crippen molar-refractivity contribution in [2.45, 2.75) is 13.3 Å². The van der Waals surface area contributed by atoms with E-state index < -0.39 is 5.97 Å². The van der Waals surface area contributed by atoms with Crippen molar-refractivity contribution >= 4 is 23.5 Å². The molecule has 0 heterocycles. The molecule has 0 spiro atoms. The van der Waals surface area contributed by atoms with E-state index in [1.165, 1.54) is 20.1 Å². The highest BCUT2D eigenvalue weighted by molar-refractivity contribution is 6.30. The smallest absolute Gasteiger partial charge is 0.308 e. The van der Waals surface area contributed by atoms with Gasteiger partial charge in [-0.25, -0.2) is 0 Å². The van der Waals surface area contributed by atoms with Crippen molar-refractivity contribution in [3.05, 3.63) is 58.6 Å². The third-order valence-corrected chi connectivity index (χ3v) is 3.54. The number of esters is 1. The maximum atomic E-state index is 12.3. The molecular formula is C18H18ClNO4. The monoisotopic (exact) mass is 347 g/mol. The van der Waals surface area contributed by atoms with Crippen molar-refractivity contribution in [2.75, 3.05) is 13.7 Å². The lowest BCUT2D eigenvalue weighted by Gasteiger charge is -2.11. The summed E-state index contributed by atoms with van der Waals surface area (Å²) in [5, 5.41) is 3.52. The minimum atomic E-state index is -0.433. The summed E-state index contributed by atoms with van der Waals surface area (Å²) < 4.78 is 10.2. The number of rotatable bonds is 6. The van der Waals surface area contributed by atoms with Crippen LogP contribution in [0.15, 0.2) is 42.5 Å². The number of methoxy groups -OCH3 is 1. The molecule has 0 bridgehead atoms. The maximum Gasteiger partial charge on any atom is 0.308 e. The van der Waals surface area contributed by atoms with Crippen LogP contribution >= 0.6 is 11.6 Å². The van der Waals surface area contributed by atoms with Crippen LogP contribution in [0.25, 0.3) is 0 Å². The second kappa shape index (κ2) is 8.36. The first-order chi connectivity index (χ1) is 11.5. The third-order valence-electron chi connectivity index (χ3n) is 3.29. The van der Waals surface area contributed by atoms with Crippen molar-refractivity contribution in [3.63, 3.8) is 0 Å². The summed E-state index contributed by atoms with van der Waals surface area (Å²) in [6.07, 6.45) is 0.691. The lowest BCUT2D eigenvalue weighted by atomic mass is 10.1. The van der Waals surface area contributed by atoms with Crippen LogP contribution < -0.4 is 14.8 Å². The fourth-order valence-corrected chi connectivity index (χ4v) is 2.28. The third kappa shape index (κ3) is 4.99. The minimum Gasteiger partial charge on any atom is -0.496 e. The molecule has 0 fully saturated rings. The highest BCUT2D eigenvalue weighted by atomic mass is 35.5. The Morgan fingerprint density at radius 3 is 2.46 bits per heavy atom. The fourth-order valence-electron chi connectivity index (χ4n) is 2.16. The summed E-state index contributed by atoms with van der Waals surface area (Å²) in [4.78, 5) is 23.3. The van der Waals surface area contributed by atoms with Gasteiger partial charge in [0.25, 0.3) is 5.91 Å². The molecule has 2 aromatic rings. The van der Waals surface area contributed by atoms with Gasteiger partial charge in [0.15, 0.2) is 0 Å². The zero-order valence-electron chi connectivity index (χ0n) is 13.5.